The van der Waals surface area contributed by atoms with Crippen LogP contribution in [-0.4, -0.2) is 12.5 Å². The molecule has 150 valence electrons. The van der Waals surface area contributed by atoms with Crippen LogP contribution in [0.15, 0.2) is 106 Å². The number of carbonyl (C=O) groups is 1. The molecule has 4 nitrogen and oxygen atoms in total. The first-order chi connectivity index (χ1) is 14.8. The molecular formula is C25H23N3OS. The molecule has 0 aliphatic carbocycles. The van der Waals surface area contributed by atoms with E-state index >= 15 is 0 Å². The molecular weight excluding hydrogens is 390 g/mol. The van der Waals surface area contributed by atoms with Gasteiger partial charge in [-0.2, -0.15) is 5.26 Å². The van der Waals surface area contributed by atoms with Gasteiger partial charge >= 0.3 is 0 Å². The Morgan fingerprint density at radius 1 is 0.933 bits per heavy atom. The van der Waals surface area contributed by atoms with Gasteiger partial charge in [0.25, 0.3) is 5.91 Å². The highest BCUT2D eigenvalue weighted by Crippen LogP contribution is 2.33. The number of aryl methyl sites for hydroxylation is 1. The first kappa shape index (κ1) is 21.2. The molecule has 3 rings (SSSR count). The van der Waals surface area contributed by atoms with Gasteiger partial charge in [-0.3, -0.25) is 4.79 Å². The summed E-state index contributed by atoms with van der Waals surface area (Å²) in [6, 6.07) is 29.7. The third-order valence-corrected chi connectivity index (χ3v) is 5.43. The SMILES string of the molecule is N#C/C(=C/NCCCc1ccccc1)C(=O)Nc1ccccc1Sc1ccccc1. The predicted octanol–water partition coefficient (Wildman–Crippen LogP) is 5.41. The van der Waals surface area contributed by atoms with Crippen molar-refractivity contribution < 1.29 is 4.79 Å². The maximum atomic E-state index is 12.6. The van der Waals surface area contributed by atoms with Crippen molar-refractivity contribution >= 4 is 23.4 Å². The van der Waals surface area contributed by atoms with E-state index in [2.05, 4.69) is 22.8 Å². The molecule has 3 aromatic rings. The summed E-state index contributed by atoms with van der Waals surface area (Å²) in [7, 11) is 0. The summed E-state index contributed by atoms with van der Waals surface area (Å²) in [5.41, 5.74) is 2.00. The molecule has 0 aromatic heterocycles. The largest absolute Gasteiger partial charge is 0.390 e. The minimum Gasteiger partial charge on any atom is -0.390 e. The van der Waals surface area contributed by atoms with Crippen LogP contribution in [0.25, 0.3) is 0 Å². The first-order valence-electron chi connectivity index (χ1n) is 9.77. The van der Waals surface area contributed by atoms with Crippen LogP contribution in [0.3, 0.4) is 0 Å². The van der Waals surface area contributed by atoms with Gasteiger partial charge in [0.15, 0.2) is 0 Å². The lowest BCUT2D eigenvalue weighted by atomic mass is 10.1. The van der Waals surface area contributed by atoms with Gasteiger partial charge in [0.05, 0.1) is 5.69 Å². The van der Waals surface area contributed by atoms with E-state index in [1.54, 1.807) is 11.8 Å². The number of anilines is 1. The second kappa shape index (κ2) is 11.5. The van der Waals surface area contributed by atoms with Crippen LogP contribution in [0.4, 0.5) is 5.69 Å². The molecule has 0 saturated carbocycles. The molecule has 0 unspecified atom stereocenters. The summed E-state index contributed by atoms with van der Waals surface area (Å²) in [6.45, 7) is 0.688. The number of nitriles is 1. The Balaban J connectivity index is 1.56. The van der Waals surface area contributed by atoms with Crippen molar-refractivity contribution in [2.75, 3.05) is 11.9 Å². The molecule has 0 radical (unpaired) electrons. The molecule has 0 atom stereocenters. The number of hydrogen-bond acceptors (Lipinski definition) is 4. The number of nitrogens with one attached hydrogen (secondary N) is 2. The number of benzene rings is 3. The Labute approximate surface area is 181 Å². The van der Waals surface area contributed by atoms with Crippen LogP contribution in [-0.2, 0) is 11.2 Å². The summed E-state index contributed by atoms with van der Waals surface area (Å²) in [5, 5.41) is 15.3. The summed E-state index contributed by atoms with van der Waals surface area (Å²) < 4.78 is 0. The number of para-hydroxylation sites is 1. The quantitative estimate of drug-likeness (QED) is 0.280. The van der Waals surface area contributed by atoms with Crippen LogP contribution in [0, 0.1) is 11.3 Å². The number of carbonyl (C=O) groups excluding carboxylic acids is 1. The van der Waals surface area contributed by atoms with Gasteiger partial charge in [-0.25, -0.2) is 0 Å². The first-order valence-corrected chi connectivity index (χ1v) is 10.6. The molecule has 1 amide bonds. The molecule has 0 aliphatic heterocycles. The molecule has 5 heteroatoms. The smallest absolute Gasteiger partial charge is 0.267 e. The molecule has 30 heavy (non-hydrogen) atoms. The minimum absolute atomic E-state index is 0.0502. The standard InChI is InChI=1S/C25H23N3OS/c26-18-21(19-27-17-9-12-20-10-3-1-4-11-20)25(29)28-23-15-7-8-16-24(23)30-22-13-5-2-6-14-22/h1-8,10-11,13-16,19,27H,9,12,17H2,(H,28,29)/b21-19-. The van der Waals surface area contributed by atoms with Crippen molar-refractivity contribution in [3.63, 3.8) is 0 Å². The number of rotatable bonds is 9. The Morgan fingerprint density at radius 3 is 2.33 bits per heavy atom. The highest BCUT2D eigenvalue weighted by Gasteiger charge is 2.12. The van der Waals surface area contributed by atoms with E-state index in [0.29, 0.717) is 12.2 Å². The average Bonchev–Trinajstić information content (AvgIpc) is 2.79. The highest BCUT2D eigenvalue weighted by atomic mass is 32.2. The zero-order valence-electron chi connectivity index (χ0n) is 16.5. The molecule has 3 aromatic carbocycles. The van der Waals surface area contributed by atoms with E-state index in [-0.39, 0.29) is 5.57 Å². The van der Waals surface area contributed by atoms with Gasteiger partial charge in [-0.15, -0.1) is 0 Å². The summed E-state index contributed by atoms with van der Waals surface area (Å²) >= 11 is 1.57. The van der Waals surface area contributed by atoms with E-state index in [4.69, 9.17) is 0 Å². The number of hydrogen-bond donors (Lipinski definition) is 2. The lowest BCUT2D eigenvalue weighted by molar-refractivity contribution is -0.112. The maximum absolute atomic E-state index is 12.6. The second-order valence-corrected chi connectivity index (χ2v) is 7.69. The van der Waals surface area contributed by atoms with Crippen LogP contribution in [0.2, 0.25) is 0 Å². The third kappa shape index (κ3) is 6.54. The predicted molar refractivity (Wildman–Crippen MR) is 122 cm³/mol. The zero-order valence-corrected chi connectivity index (χ0v) is 17.4. The Kier molecular flexibility index (Phi) is 8.13. The lowest BCUT2D eigenvalue weighted by Gasteiger charge is -2.10. The molecule has 0 spiro atoms. The Bertz CT molecular complexity index is 1030. The molecule has 0 heterocycles. The van der Waals surface area contributed by atoms with Gasteiger partial charge in [-0.1, -0.05) is 72.4 Å². The molecule has 0 aliphatic rings. The zero-order chi connectivity index (χ0) is 21.0. The minimum atomic E-state index is -0.422. The van der Waals surface area contributed by atoms with Gasteiger partial charge in [0.1, 0.15) is 11.6 Å². The number of amides is 1. The van der Waals surface area contributed by atoms with Crippen LogP contribution >= 0.6 is 11.8 Å². The third-order valence-electron chi connectivity index (χ3n) is 4.35. The van der Waals surface area contributed by atoms with Crippen LogP contribution < -0.4 is 10.6 Å². The summed E-state index contributed by atoms with van der Waals surface area (Å²) in [4.78, 5) is 14.6. The Morgan fingerprint density at radius 2 is 1.60 bits per heavy atom. The fourth-order valence-corrected chi connectivity index (χ4v) is 3.75. The molecule has 0 bridgehead atoms. The van der Waals surface area contributed by atoms with Crippen molar-refractivity contribution in [2.24, 2.45) is 0 Å². The van der Waals surface area contributed by atoms with Crippen molar-refractivity contribution in [3.8, 4) is 6.07 Å². The lowest BCUT2D eigenvalue weighted by Crippen LogP contribution is -2.17. The Hall–Kier alpha value is -3.49. The van der Waals surface area contributed by atoms with Gasteiger partial charge in [-0.05, 0) is 42.7 Å². The van der Waals surface area contributed by atoms with Crippen molar-refractivity contribution in [1.82, 2.24) is 5.32 Å². The van der Waals surface area contributed by atoms with Gasteiger partial charge in [0, 0.05) is 22.5 Å². The molecule has 0 saturated heterocycles. The van der Waals surface area contributed by atoms with E-state index < -0.39 is 5.91 Å². The molecule has 2 N–H and O–H groups in total. The normalized spacial score (nSPS) is 10.8. The van der Waals surface area contributed by atoms with E-state index in [1.807, 2.05) is 78.9 Å². The summed E-state index contributed by atoms with van der Waals surface area (Å²) in [5.74, 6) is -0.422. The molecule has 0 fully saturated rings. The maximum Gasteiger partial charge on any atom is 0.267 e. The van der Waals surface area contributed by atoms with Crippen molar-refractivity contribution in [1.29, 1.82) is 5.26 Å². The van der Waals surface area contributed by atoms with E-state index in [1.165, 1.54) is 11.8 Å². The van der Waals surface area contributed by atoms with E-state index in [9.17, 15) is 10.1 Å². The van der Waals surface area contributed by atoms with Crippen LogP contribution in [0.5, 0.6) is 0 Å². The average molecular weight is 414 g/mol. The van der Waals surface area contributed by atoms with Gasteiger partial charge < -0.3 is 10.6 Å². The van der Waals surface area contributed by atoms with Gasteiger partial charge in [0.2, 0.25) is 0 Å². The second-order valence-electron chi connectivity index (χ2n) is 6.58. The van der Waals surface area contributed by atoms with Crippen molar-refractivity contribution in [3.05, 3.63) is 102 Å². The van der Waals surface area contributed by atoms with Crippen molar-refractivity contribution in [2.45, 2.75) is 22.6 Å². The fourth-order valence-electron chi connectivity index (χ4n) is 2.83. The highest BCUT2D eigenvalue weighted by molar-refractivity contribution is 7.99. The fraction of sp³-hybridized carbons (Fsp3) is 0.120. The van der Waals surface area contributed by atoms with Crippen LogP contribution in [0.1, 0.15) is 12.0 Å². The van der Waals surface area contributed by atoms with E-state index in [0.717, 1.165) is 22.6 Å². The topological polar surface area (TPSA) is 64.9 Å². The summed E-state index contributed by atoms with van der Waals surface area (Å²) in [6.07, 6.45) is 3.35. The monoisotopic (exact) mass is 413 g/mol. The number of nitrogens with zero attached hydrogens (tertiary/aromatic N) is 1.